The van der Waals surface area contributed by atoms with Gasteiger partial charge in [0.15, 0.2) is 16.5 Å². The number of esters is 1. The first-order valence-electron chi connectivity index (χ1n) is 30.9. The van der Waals surface area contributed by atoms with Crippen LogP contribution in [0.5, 0.6) is 5.75 Å². The van der Waals surface area contributed by atoms with Crippen LogP contribution in [0.25, 0.3) is 17.2 Å². The maximum Gasteiger partial charge on any atom is 0.407 e. The third-order valence-corrected chi connectivity index (χ3v) is 16.7. The first-order valence-corrected chi connectivity index (χ1v) is 33.7. The molecule has 0 unspecified atom stereocenters. The Hall–Kier alpha value is -6.42. The highest BCUT2D eigenvalue weighted by atomic mass is 32.2. The molecule has 0 radical (unpaired) electrons. The van der Waals surface area contributed by atoms with Crippen LogP contribution in [-0.4, -0.2) is 243 Å². The Morgan fingerprint density at radius 2 is 1.18 bits per heavy atom. The van der Waals surface area contributed by atoms with Crippen molar-refractivity contribution in [1.29, 1.82) is 0 Å². The van der Waals surface area contributed by atoms with Crippen LogP contribution in [0.1, 0.15) is 57.4 Å². The van der Waals surface area contributed by atoms with Crippen LogP contribution < -0.4 is 21.1 Å². The Morgan fingerprint density at radius 3 is 1.67 bits per heavy atom. The normalized spacial score (nSPS) is 14.5. The third kappa shape index (κ3) is 26.8. The van der Waals surface area contributed by atoms with Crippen molar-refractivity contribution in [2.75, 3.05) is 171 Å². The van der Waals surface area contributed by atoms with E-state index < -0.39 is 72.5 Å². The molecule has 0 atom stereocenters. The molecule has 2 fully saturated rings. The second-order valence-electron chi connectivity index (χ2n) is 21.2. The molecular formula is C60H83F4N7O22S2. The van der Waals surface area contributed by atoms with Crippen molar-refractivity contribution in [3.05, 3.63) is 71.1 Å². The zero-order valence-corrected chi connectivity index (χ0v) is 54.4. The minimum absolute atomic E-state index is 0.00755. The smallest absolute Gasteiger partial charge is 0.407 e. The summed E-state index contributed by atoms with van der Waals surface area (Å²) < 4.78 is 179. The fraction of sp³-hybridized carbons (Fsp3) is 0.600. The Kier molecular flexibility index (Phi) is 34.0. The number of sulfonamides is 1. The largest absolute Gasteiger partial charge is 0.446 e. The fourth-order valence-corrected chi connectivity index (χ4v) is 11.0. The van der Waals surface area contributed by atoms with Crippen LogP contribution in [0.4, 0.5) is 28.0 Å². The molecule has 530 valence electrons. The average molecular weight is 1390 g/mol. The summed E-state index contributed by atoms with van der Waals surface area (Å²) in [5.41, 5.74) is 8.96. The number of pyridine rings is 1. The fourth-order valence-electron chi connectivity index (χ4n) is 8.82. The number of rotatable bonds is 48. The highest BCUT2D eigenvalue weighted by Gasteiger charge is 2.38. The van der Waals surface area contributed by atoms with E-state index in [4.69, 9.17) is 67.2 Å². The van der Waals surface area contributed by atoms with E-state index in [-0.39, 0.29) is 120 Å². The number of aliphatic imine (C=N–C) groups is 1. The maximum absolute atomic E-state index is 14.0. The monoisotopic (exact) mass is 1390 g/mol. The first kappa shape index (κ1) is 77.6. The van der Waals surface area contributed by atoms with E-state index in [0.29, 0.717) is 133 Å². The lowest BCUT2D eigenvalue weighted by atomic mass is 9.96. The molecule has 1 aromatic heterocycles. The molecule has 95 heavy (non-hydrogen) atoms. The maximum atomic E-state index is 14.0. The summed E-state index contributed by atoms with van der Waals surface area (Å²) in [4.78, 5) is 62.4. The van der Waals surface area contributed by atoms with Gasteiger partial charge in [-0.15, -0.1) is 0 Å². The zero-order valence-electron chi connectivity index (χ0n) is 52.7. The summed E-state index contributed by atoms with van der Waals surface area (Å²) in [6.45, 7) is 8.51. The molecule has 6 rings (SSSR count). The van der Waals surface area contributed by atoms with Crippen LogP contribution in [0.15, 0.2) is 57.0 Å². The quantitative estimate of drug-likeness (QED) is 0.0118. The number of carbonyl (C=O) groups is 4. The van der Waals surface area contributed by atoms with Crippen LogP contribution in [0.2, 0.25) is 0 Å². The number of fused-ring (bicyclic) bond motifs is 1. The van der Waals surface area contributed by atoms with Gasteiger partial charge in [0, 0.05) is 80.6 Å². The van der Waals surface area contributed by atoms with E-state index in [1.54, 1.807) is 36.5 Å². The zero-order chi connectivity index (χ0) is 68.4. The van der Waals surface area contributed by atoms with Crippen LogP contribution in [0, 0.1) is 29.2 Å². The van der Waals surface area contributed by atoms with Crippen LogP contribution >= 0.6 is 0 Å². The lowest BCUT2D eigenvalue weighted by molar-refractivity contribution is -0.181. The molecule has 5 N–H and O–H groups in total. The summed E-state index contributed by atoms with van der Waals surface area (Å²) in [5.74, 6) is -13.2. The van der Waals surface area contributed by atoms with Crippen LogP contribution in [0.3, 0.4) is 0 Å². The standard InChI is InChI=1S/C60H83F4N7O22S2/c1-2-11-71(91-14-10-67-60(75)92-47-4-3-5-47)59(74)45-33-44-7-6-43(35-49(44)69-50(65)36-45)46-34-48(39-66-38-46)94(76,77)70-40-42(41-70)37-68-51(72)8-12-81-15-17-83-19-21-85-23-25-87-27-29-89-31-32-90-30-28-88-26-24-86-22-20-84-18-16-82-13-9-52(73)93-57-53(61)55(63)58(95(78,79)80)56(64)54(57)62/h6-7,33-35,38-39,42,47H,2-5,8-32,36-37,40-41H2,1H3,(H2,65,69)(H,67,75)(H,68,72)(H,78,79,80). The van der Waals surface area contributed by atoms with Crippen molar-refractivity contribution < 1.29 is 120 Å². The van der Waals surface area contributed by atoms with Crippen molar-refractivity contribution in [1.82, 2.24) is 25.0 Å². The summed E-state index contributed by atoms with van der Waals surface area (Å²) in [6, 6.07) is 6.87. The molecule has 35 heteroatoms. The van der Waals surface area contributed by atoms with Crippen molar-refractivity contribution in [2.45, 2.75) is 67.8 Å². The molecule has 29 nitrogen and oxygen atoms in total. The van der Waals surface area contributed by atoms with Gasteiger partial charge in [-0.05, 0) is 49.5 Å². The van der Waals surface area contributed by atoms with E-state index in [9.17, 15) is 53.6 Å². The van der Waals surface area contributed by atoms with E-state index >= 15 is 0 Å². The molecule has 2 aliphatic heterocycles. The first-order chi connectivity index (χ1) is 45.8. The number of halogens is 4. The second-order valence-corrected chi connectivity index (χ2v) is 24.5. The Morgan fingerprint density at radius 1 is 0.663 bits per heavy atom. The topological polar surface area (TPSA) is 359 Å². The van der Waals surface area contributed by atoms with Gasteiger partial charge in [-0.3, -0.25) is 28.8 Å². The number of aromatic nitrogens is 1. The number of nitrogens with zero attached hydrogens (tertiary/aromatic N) is 4. The number of nitrogens with two attached hydrogens (primary N) is 1. The molecule has 1 saturated carbocycles. The Bertz CT molecular complexity index is 3210. The number of amidine groups is 1. The van der Waals surface area contributed by atoms with Gasteiger partial charge < -0.3 is 73.2 Å². The highest BCUT2D eigenvalue weighted by Crippen LogP contribution is 2.35. The van der Waals surface area contributed by atoms with E-state index in [1.165, 1.54) is 15.6 Å². The average Bonchev–Trinajstić information content (AvgIpc) is 1.03. The predicted molar refractivity (Wildman–Crippen MR) is 328 cm³/mol. The number of hydrogen-bond acceptors (Lipinski definition) is 24. The van der Waals surface area contributed by atoms with Gasteiger partial charge in [0.25, 0.3) is 5.91 Å². The number of hydroxylamine groups is 2. The van der Waals surface area contributed by atoms with Gasteiger partial charge in [0.2, 0.25) is 33.3 Å². The number of amides is 3. The minimum atomic E-state index is -5.66. The molecule has 3 aromatic rings. The molecule has 2 aromatic carbocycles. The molecule has 3 heterocycles. The number of carbonyl (C=O) groups excluding carboxylic acids is 4. The van der Waals surface area contributed by atoms with Crippen LogP contribution in [-0.2, 0) is 91.5 Å². The summed E-state index contributed by atoms with van der Waals surface area (Å²) in [7, 11) is -9.56. The molecule has 0 bridgehead atoms. The van der Waals surface area contributed by atoms with Crippen molar-refractivity contribution >= 4 is 61.6 Å². The number of alkyl carbamates (subject to hydrolysis) is 1. The molecule has 3 aliphatic rings. The van der Waals surface area contributed by atoms with E-state index in [1.807, 2.05) is 6.92 Å². The summed E-state index contributed by atoms with van der Waals surface area (Å²) >= 11 is 0. The van der Waals surface area contributed by atoms with Gasteiger partial charge in [0.1, 0.15) is 16.8 Å². The second kappa shape index (κ2) is 41.6. The Balaban J connectivity index is 0.681. The SMILES string of the molecule is CCCN(OCCNC(=O)OC1CCC1)C(=O)C1=Cc2ccc(-c3cncc(S(=O)(=O)N4CC(CNC(=O)CCOCCOCCOCCOCCOCCOCCOCCOCCOCCOCCC(=O)Oc5c(F)c(F)c(S(=O)(=O)O)c(F)c5F)C4)c3)cc2N=C(N)C1. The molecular weight excluding hydrogens is 1310 g/mol. The van der Waals surface area contributed by atoms with Gasteiger partial charge in [0.05, 0.1) is 151 Å². The third-order valence-electron chi connectivity index (χ3n) is 14.0. The van der Waals surface area contributed by atoms with Crippen molar-refractivity contribution in [3.63, 3.8) is 0 Å². The van der Waals surface area contributed by atoms with E-state index in [0.717, 1.165) is 19.3 Å². The van der Waals surface area contributed by atoms with Crippen molar-refractivity contribution in [3.8, 4) is 16.9 Å². The van der Waals surface area contributed by atoms with Crippen molar-refractivity contribution in [2.24, 2.45) is 16.6 Å². The number of ether oxygens (including phenoxy) is 12. The molecule has 3 amide bonds. The molecule has 1 aliphatic carbocycles. The van der Waals surface area contributed by atoms with E-state index in [2.05, 4.69) is 25.3 Å². The molecule has 0 spiro atoms. The summed E-state index contributed by atoms with van der Waals surface area (Å²) in [5, 5.41) is 6.76. The lowest BCUT2D eigenvalue weighted by Crippen LogP contribution is -2.53. The minimum Gasteiger partial charge on any atom is -0.446 e. The van der Waals surface area contributed by atoms with Gasteiger partial charge in [-0.1, -0.05) is 19.1 Å². The van der Waals surface area contributed by atoms with Gasteiger partial charge in [-0.25, -0.2) is 32.0 Å². The summed E-state index contributed by atoms with van der Waals surface area (Å²) in [6.07, 6.45) is 6.97. The number of hydrogen-bond donors (Lipinski definition) is 4. The van der Waals surface area contributed by atoms with Gasteiger partial charge >= 0.3 is 22.2 Å². The predicted octanol–water partition coefficient (Wildman–Crippen LogP) is 4.06. The molecule has 1 saturated heterocycles. The van der Waals surface area contributed by atoms with Gasteiger partial charge in [-0.2, -0.15) is 21.5 Å². The number of benzene rings is 2. The lowest BCUT2D eigenvalue weighted by Gasteiger charge is -2.38. The highest BCUT2D eigenvalue weighted by molar-refractivity contribution is 7.89. The Labute approximate surface area is 548 Å². The number of nitrogens with one attached hydrogen (secondary N) is 2.